The van der Waals surface area contributed by atoms with Crippen molar-refractivity contribution in [2.45, 2.75) is 20.0 Å². The Labute approximate surface area is 150 Å². The number of nitrogens with one attached hydrogen (secondary N) is 1. The molecule has 0 fully saturated rings. The smallest absolute Gasteiger partial charge is 0.203 e. The fourth-order valence-electron chi connectivity index (χ4n) is 2.46. The van der Waals surface area contributed by atoms with Crippen LogP contribution >= 0.6 is 27.3 Å². The van der Waals surface area contributed by atoms with E-state index in [2.05, 4.69) is 15.9 Å². The van der Waals surface area contributed by atoms with Crippen LogP contribution in [0.4, 0.5) is 0 Å². The zero-order valence-corrected chi connectivity index (χ0v) is 15.8. The quantitative estimate of drug-likeness (QED) is 0.591. The van der Waals surface area contributed by atoms with Crippen molar-refractivity contribution in [2.75, 3.05) is 0 Å². The maximum absolute atomic E-state index is 12.4. The third-order valence-electron chi connectivity index (χ3n) is 3.44. The predicted molar refractivity (Wildman–Crippen MR) is 87.8 cm³/mol. The third-order valence-corrected chi connectivity index (χ3v) is 5.11. The van der Waals surface area contributed by atoms with Crippen molar-refractivity contribution in [1.82, 2.24) is 9.13 Å². The average molecular weight is 444 g/mol. The molecule has 0 saturated heterocycles. The summed E-state index contributed by atoms with van der Waals surface area (Å²) in [5, 5.41) is 8.30. The lowest BCUT2D eigenvalue weighted by molar-refractivity contribution is -0.0000123. The number of nitrogens with zero attached hydrogens (tertiary/aromatic N) is 2. The highest BCUT2D eigenvalue weighted by Gasteiger charge is 2.14. The Kier molecular flexibility index (Phi) is 5.41. The molecule has 1 aromatic carbocycles. The van der Waals surface area contributed by atoms with Crippen molar-refractivity contribution in [3.8, 4) is 0 Å². The number of halogens is 2. The van der Waals surface area contributed by atoms with E-state index in [1.54, 1.807) is 4.57 Å². The predicted octanol–water partition coefficient (Wildman–Crippen LogP) is 0.653. The summed E-state index contributed by atoms with van der Waals surface area (Å²) in [6.45, 7) is 2.91. The van der Waals surface area contributed by atoms with Gasteiger partial charge in [0.05, 0.1) is 26.2 Å². The number of benzene rings is 1. The largest absolute Gasteiger partial charge is 1.00 e. The number of imidazole rings is 1. The van der Waals surface area contributed by atoms with Crippen molar-refractivity contribution < 1.29 is 21.8 Å². The molecule has 3 aromatic rings. The molecule has 1 N–H and O–H groups in total. The molecule has 0 aliphatic heterocycles. The SMILES string of the molecule is CCn1c(=N)n(CC(=O)c2ccc(Br)s2)c2ccccc21.[Br-]. The van der Waals surface area contributed by atoms with Crippen molar-refractivity contribution >= 4 is 44.1 Å². The number of rotatable bonds is 4. The van der Waals surface area contributed by atoms with Crippen LogP contribution in [0.5, 0.6) is 0 Å². The van der Waals surface area contributed by atoms with Crippen molar-refractivity contribution in [3.63, 3.8) is 0 Å². The maximum atomic E-state index is 12.4. The first kappa shape index (κ1) is 17.2. The number of fused-ring (bicyclic) bond motifs is 1. The van der Waals surface area contributed by atoms with Gasteiger partial charge < -0.3 is 26.1 Å². The molecule has 4 nitrogen and oxygen atoms in total. The van der Waals surface area contributed by atoms with E-state index in [4.69, 9.17) is 5.41 Å². The second-order valence-corrected chi connectivity index (χ2v) is 7.13. The molecule has 2 heterocycles. The van der Waals surface area contributed by atoms with Gasteiger partial charge in [-0.1, -0.05) is 12.1 Å². The van der Waals surface area contributed by atoms with Crippen molar-refractivity contribution in [2.24, 2.45) is 0 Å². The summed E-state index contributed by atoms with van der Waals surface area (Å²) in [6.07, 6.45) is 0. The highest BCUT2D eigenvalue weighted by molar-refractivity contribution is 9.11. The molecule has 0 saturated carbocycles. The molecule has 3 rings (SSSR count). The van der Waals surface area contributed by atoms with Gasteiger partial charge >= 0.3 is 0 Å². The Bertz CT molecular complexity index is 878. The zero-order chi connectivity index (χ0) is 15.0. The Morgan fingerprint density at radius 1 is 1.18 bits per heavy atom. The molecule has 0 bridgehead atoms. The lowest BCUT2D eigenvalue weighted by Gasteiger charge is -2.02. The van der Waals surface area contributed by atoms with Gasteiger partial charge in [-0.25, -0.2) is 0 Å². The molecule has 0 radical (unpaired) electrons. The number of thiophene rings is 1. The first-order valence-electron chi connectivity index (χ1n) is 6.63. The van der Waals surface area contributed by atoms with Crippen molar-refractivity contribution in [1.29, 1.82) is 5.41 Å². The Hall–Kier alpha value is -1.18. The van der Waals surface area contributed by atoms with Crippen molar-refractivity contribution in [3.05, 3.63) is 50.7 Å². The number of hydrogen-bond donors (Lipinski definition) is 1. The molecule has 0 aliphatic carbocycles. The minimum absolute atomic E-state index is 0. The lowest BCUT2D eigenvalue weighted by atomic mass is 10.3. The molecule has 7 heteroatoms. The van der Waals surface area contributed by atoms with Crippen LogP contribution in [0.15, 0.2) is 40.2 Å². The number of aryl methyl sites for hydroxylation is 1. The molecule has 0 atom stereocenters. The van der Waals surface area contributed by atoms with Gasteiger partial charge in [0.1, 0.15) is 0 Å². The normalized spacial score (nSPS) is 10.6. The second-order valence-electron chi connectivity index (χ2n) is 4.67. The summed E-state index contributed by atoms with van der Waals surface area (Å²) in [5.74, 6) is 0.0307. The average Bonchev–Trinajstić information content (AvgIpc) is 3.02. The van der Waals surface area contributed by atoms with Crippen LogP contribution in [0, 0.1) is 5.41 Å². The highest BCUT2D eigenvalue weighted by Crippen LogP contribution is 2.23. The number of hydrogen-bond acceptors (Lipinski definition) is 3. The number of para-hydroxylation sites is 2. The van der Waals surface area contributed by atoms with Gasteiger partial charge in [0.15, 0.2) is 5.78 Å². The molecule has 0 aliphatic rings. The first-order valence-corrected chi connectivity index (χ1v) is 8.24. The summed E-state index contributed by atoms with van der Waals surface area (Å²) in [5.41, 5.74) is 2.28. The number of ketones is 1. The van der Waals surface area contributed by atoms with Crippen LogP contribution in [0.3, 0.4) is 0 Å². The van der Waals surface area contributed by atoms with E-state index < -0.39 is 0 Å². The van der Waals surface area contributed by atoms with Gasteiger partial charge in [0, 0.05) is 6.54 Å². The monoisotopic (exact) mass is 442 g/mol. The fourth-order valence-corrected chi connectivity index (χ4v) is 3.78. The van der Waals surface area contributed by atoms with Crippen LogP contribution in [0.25, 0.3) is 11.0 Å². The van der Waals surface area contributed by atoms with E-state index in [1.807, 2.05) is 47.9 Å². The van der Waals surface area contributed by atoms with Crippen LogP contribution in [-0.2, 0) is 13.1 Å². The number of carbonyl (C=O) groups excluding carboxylic acids is 1. The van der Waals surface area contributed by atoms with E-state index in [0.717, 1.165) is 14.8 Å². The molecule has 0 amide bonds. The van der Waals surface area contributed by atoms with Gasteiger partial charge in [-0.15, -0.1) is 11.3 Å². The van der Waals surface area contributed by atoms with Gasteiger partial charge in [0.2, 0.25) is 5.62 Å². The van der Waals surface area contributed by atoms with E-state index in [9.17, 15) is 4.79 Å². The maximum Gasteiger partial charge on any atom is 0.203 e. The zero-order valence-electron chi connectivity index (χ0n) is 11.8. The number of Topliss-reactive ketones (excluding diaryl/α,β-unsaturated/α-hetero) is 1. The minimum Gasteiger partial charge on any atom is -1.00 e. The van der Waals surface area contributed by atoms with Gasteiger partial charge in [0.25, 0.3) is 0 Å². The van der Waals surface area contributed by atoms with Gasteiger partial charge in [-0.2, -0.15) is 0 Å². The lowest BCUT2D eigenvalue weighted by Crippen LogP contribution is -3.00. The van der Waals surface area contributed by atoms with Gasteiger partial charge in [-0.05, 0) is 47.1 Å². The molecule has 0 unspecified atom stereocenters. The minimum atomic E-state index is 0. The topological polar surface area (TPSA) is 50.8 Å². The Morgan fingerprint density at radius 3 is 2.36 bits per heavy atom. The number of carbonyl (C=O) groups is 1. The first-order chi connectivity index (χ1) is 10.1. The van der Waals surface area contributed by atoms with Crippen LogP contribution in [0.2, 0.25) is 0 Å². The van der Waals surface area contributed by atoms with E-state index in [-0.39, 0.29) is 29.3 Å². The summed E-state index contributed by atoms with van der Waals surface area (Å²) in [7, 11) is 0. The fraction of sp³-hybridized carbons (Fsp3) is 0.200. The molecular formula is C15H14Br2N3OS-. The molecule has 22 heavy (non-hydrogen) atoms. The number of aromatic nitrogens is 2. The van der Waals surface area contributed by atoms with Crippen LogP contribution < -0.4 is 22.6 Å². The second kappa shape index (κ2) is 6.93. The standard InChI is InChI=1S/C15H14BrN3OS.BrH/c1-2-18-10-5-3-4-6-11(10)19(15(18)17)9-12(20)13-7-8-14(16)21-13;/h3-8,17H,2,9H2,1H3;1H/p-1. The summed E-state index contributed by atoms with van der Waals surface area (Å²) >= 11 is 4.80. The summed E-state index contributed by atoms with van der Waals surface area (Å²) in [4.78, 5) is 13.1. The van der Waals surface area contributed by atoms with E-state index in [0.29, 0.717) is 17.0 Å². The van der Waals surface area contributed by atoms with E-state index in [1.165, 1.54) is 11.3 Å². The Morgan fingerprint density at radius 2 is 1.82 bits per heavy atom. The van der Waals surface area contributed by atoms with Crippen LogP contribution in [0.1, 0.15) is 16.6 Å². The highest BCUT2D eigenvalue weighted by atomic mass is 79.9. The third kappa shape index (κ3) is 2.98. The molecule has 0 spiro atoms. The summed E-state index contributed by atoms with van der Waals surface area (Å²) in [6, 6.07) is 11.5. The molecular weight excluding hydrogens is 430 g/mol. The molecule has 116 valence electrons. The van der Waals surface area contributed by atoms with E-state index >= 15 is 0 Å². The van der Waals surface area contributed by atoms with Crippen LogP contribution in [-0.4, -0.2) is 14.9 Å². The Balaban J connectivity index is 0.00000176. The summed E-state index contributed by atoms with van der Waals surface area (Å²) < 4.78 is 4.62. The molecule has 2 aromatic heterocycles. The van der Waals surface area contributed by atoms with Gasteiger partial charge in [-0.3, -0.25) is 10.2 Å².